The molecule has 0 aromatic heterocycles. The highest BCUT2D eigenvalue weighted by Crippen LogP contribution is 2.34. The topological polar surface area (TPSA) is 93.8 Å². The van der Waals surface area contributed by atoms with Crippen LogP contribution in [0.1, 0.15) is 5.56 Å². The van der Waals surface area contributed by atoms with Crippen molar-refractivity contribution in [2.75, 3.05) is 17.8 Å². The Bertz CT molecular complexity index is 756. The van der Waals surface area contributed by atoms with Crippen molar-refractivity contribution < 1.29 is 19.4 Å². The van der Waals surface area contributed by atoms with Gasteiger partial charge in [-0.25, -0.2) is 0 Å². The normalized spacial score (nSPS) is 12.5. The molecule has 22 heavy (non-hydrogen) atoms. The molecular formula is C16H14N2O4. The number of benzene rings is 2. The second kappa shape index (κ2) is 5.69. The Morgan fingerprint density at radius 1 is 1.18 bits per heavy atom. The number of rotatable bonds is 3. The van der Waals surface area contributed by atoms with Crippen LogP contribution in [0.25, 0.3) is 6.08 Å². The Balaban J connectivity index is 1.70. The summed E-state index contributed by atoms with van der Waals surface area (Å²) < 4.78 is 10.4. The van der Waals surface area contributed by atoms with Crippen molar-refractivity contribution in [2.24, 2.45) is 0 Å². The molecule has 2 aromatic carbocycles. The zero-order chi connectivity index (χ0) is 15.5. The van der Waals surface area contributed by atoms with Gasteiger partial charge in [0.25, 0.3) is 0 Å². The van der Waals surface area contributed by atoms with E-state index in [0.29, 0.717) is 28.4 Å². The third-order valence-corrected chi connectivity index (χ3v) is 3.12. The molecule has 1 aliphatic rings. The summed E-state index contributed by atoms with van der Waals surface area (Å²) in [6, 6.07) is 9.69. The third-order valence-electron chi connectivity index (χ3n) is 3.12. The van der Waals surface area contributed by atoms with E-state index in [4.69, 9.17) is 15.2 Å². The van der Waals surface area contributed by atoms with Crippen LogP contribution in [0.2, 0.25) is 0 Å². The van der Waals surface area contributed by atoms with E-state index in [1.54, 1.807) is 24.3 Å². The number of nitrogens with one attached hydrogen (secondary N) is 1. The summed E-state index contributed by atoms with van der Waals surface area (Å²) in [6.07, 6.45) is 2.88. The first-order valence-corrected chi connectivity index (χ1v) is 6.59. The van der Waals surface area contributed by atoms with Crippen molar-refractivity contribution in [1.82, 2.24) is 0 Å². The van der Waals surface area contributed by atoms with Gasteiger partial charge < -0.3 is 25.6 Å². The second-order valence-corrected chi connectivity index (χ2v) is 4.70. The molecule has 1 amide bonds. The molecule has 112 valence electrons. The van der Waals surface area contributed by atoms with Gasteiger partial charge in [0.05, 0.1) is 0 Å². The predicted molar refractivity (Wildman–Crippen MR) is 82.7 cm³/mol. The predicted octanol–water partition coefficient (Wildman–Crippen LogP) is 2.36. The molecule has 1 aliphatic heterocycles. The number of amides is 1. The largest absolute Gasteiger partial charge is 0.508 e. The van der Waals surface area contributed by atoms with Crippen LogP contribution in [-0.2, 0) is 4.79 Å². The van der Waals surface area contributed by atoms with Crippen molar-refractivity contribution in [1.29, 1.82) is 0 Å². The summed E-state index contributed by atoms with van der Waals surface area (Å²) in [5.74, 6) is 1.02. The van der Waals surface area contributed by atoms with Gasteiger partial charge in [-0.1, -0.05) is 0 Å². The number of fused-ring (bicyclic) bond motifs is 1. The van der Waals surface area contributed by atoms with E-state index in [-0.39, 0.29) is 18.4 Å². The molecule has 4 N–H and O–H groups in total. The fourth-order valence-electron chi connectivity index (χ4n) is 2.03. The van der Waals surface area contributed by atoms with Gasteiger partial charge in [-0.05, 0) is 36.4 Å². The summed E-state index contributed by atoms with van der Waals surface area (Å²) in [7, 11) is 0. The maximum atomic E-state index is 11.9. The number of aromatic hydroxyl groups is 1. The van der Waals surface area contributed by atoms with Gasteiger partial charge >= 0.3 is 0 Å². The third kappa shape index (κ3) is 2.95. The maximum absolute atomic E-state index is 11.9. The van der Waals surface area contributed by atoms with Gasteiger partial charge in [-0.2, -0.15) is 0 Å². The lowest BCUT2D eigenvalue weighted by Gasteiger charge is -2.04. The molecule has 0 aliphatic carbocycles. The average Bonchev–Trinajstić information content (AvgIpc) is 2.96. The highest BCUT2D eigenvalue weighted by molar-refractivity contribution is 6.02. The van der Waals surface area contributed by atoms with Crippen LogP contribution in [0.15, 0.2) is 42.5 Å². The first-order chi connectivity index (χ1) is 10.6. The highest BCUT2D eigenvalue weighted by Gasteiger charge is 2.13. The molecule has 0 radical (unpaired) electrons. The van der Waals surface area contributed by atoms with Crippen LogP contribution in [0.3, 0.4) is 0 Å². The molecule has 0 saturated heterocycles. The number of ether oxygens (including phenoxy) is 2. The first-order valence-electron chi connectivity index (χ1n) is 6.59. The fourth-order valence-corrected chi connectivity index (χ4v) is 2.03. The van der Waals surface area contributed by atoms with Gasteiger partial charge in [0.1, 0.15) is 5.75 Å². The Hall–Kier alpha value is -3.15. The quantitative estimate of drug-likeness (QED) is 0.459. The van der Waals surface area contributed by atoms with Gasteiger partial charge in [0.2, 0.25) is 12.7 Å². The van der Waals surface area contributed by atoms with Crippen LogP contribution >= 0.6 is 0 Å². The number of nitrogen functional groups attached to an aromatic ring is 1. The maximum Gasteiger partial charge on any atom is 0.248 e. The lowest BCUT2D eigenvalue weighted by molar-refractivity contribution is -0.111. The average molecular weight is 298 g/mol. The Labute approximate surface area is 126 Å². The molecule has 0 fully saturated rings. The minimum Gasteiger partial charge on any atom is -0.508 e. The van der Waals surface area contributed by atoms with Gasteiger partial charge in [-0.3, -0.25) is 4.79 Å². The molecule has 1 heterocycles. The van der Waals surface area contributed by atoms with E-state index < -0.39 is 0 Å². The minimum atomic E-state index is -0.318. The van der Waals surface area contributed by atoms with Crippen LogP contribution in [0.5, 0.6) is 17.2 Å². The standard InChI is InChI=1S/C16H14N2O4/c17-13-4-3-12(19)7-10(13)1-6-16(20)18-11-2-5-14-15(8-11)22-9-21-14/h1-8,19H,9,17H2,(H,18,20). The SMILES string of the molecule is Nc1ccc(O)cc1C=CC(=O)Nc1ccc2c(c1)OCO2. The van der Waals surface area contributed by atoms with Crippen molar-refractivity contribution in [3.63, 3.8) is 0 Å². The molecular weight excluding hydrogens is 284 g/mol. The number of hydrogen-bond acceptors (Lipinski definition) is 5. The number of phenols is 1. The second-order valence-electron chi connectivity index (χ2n) is 4.70. The zero-order valence-electron chi connectivity index (χ0n) is 11.6. The summed E-state index contributed by atoms with van der Waals surface area (Å²) in [6.45, 7) is 0.184. The smallest absolute Gasteiger partial charge is 0.248 e. The Morgan fingerprint density at radius 3 is 2.86 bits per heavy atom. The number of anilines is 2. The molecule has 3 rings (SSSR count). The van der Waals surface area contributed by atoms with E-state index in [9.17, 15) is 9.90 Å². The summed E-state index contributed by atoms with van der Waals surface area (Å²) >= 11 is 0. The Morgan fingerprint density at radius 2 is 2.00 bits per heavy atom. The Kier molecular flexibility index (Phi) is 3.57. The van der Waals surface area contributed by atoms with E-state index in [2.05, 4.69) is 5.32 Å². The minimum absolute atomic E-state index is 0.0880. The van der Waals surface area contributed by atoms with Crippen molar-refractivity contribution >= 4 is 23.4 Å². The van der Waals surface area contributed by atoms with Crippen LogP contribution in [0.4, 0.5) is 11.4 Å². The van der Waals surface area contributed by atoms with Gasteiger partial charge in [0.15, 0.2) is 11.5 Å². The van der Waals surface area contributed by atoms with E-state index in [1.807, 2.05) is 0 Å². The van der Waals surface area contributed by atoms with Crippen LogP contribution < -0.4 is 20.5 Å². The van der Waals surface area contributed by atoms with Crippen molar-refractivity contribution in [2.45, 2.75) is 0 Å². The first kappa shape index (κ1) is 13.8. The van der Waals surface area contributed by atoms with Gasteiger partial charge in [-0.15, -0.1) is 0 Å². The van der Waals surface area contributed by atoms with Gasteiger partial charge in [0, 0.05) is 29.1 Å². The molecule has 0 unspecified atom stereocenters. The summed E-state index contributed by atoms with van der Waals surface area (Å²) in [5, 5.41) is 12.1. The van der Waals surface area contributed by atoms with E-state index in [1.165, 1.54) is 24.3 Å². The molecule has 2 aromatic rings. The lowest BCUT2D eigenvalue weighted by Crippen LogP contribution is -2.07. The molecule has 6 heteroatoms. The highest BCUT2D eigenvalue weighted by atomic mass is 16.7. The number of nitrogens with two attached hydrogens (primary N) is 1. The van der Waals surface area contributed by atoms with E-state index in [0.717, 1.165) is 0 Å². The molecule has 0 spiro atoms. The number of phenolic OH excluding ortho intramolecular Hbond substituents is 1. The number of carbonyl (C=O) groups is 1. The number of hydrogen-bond donors (Lipinski definition) is 3. The van der Waals surface area contributed by atoms with Crippen LogP contribution in [0, 0.1) is 0 Å². The monoisotopic (exact) mass is 298 g/mol. The molecule has 0 saturated carbocycles. The molecule has 0 atom stereocenters. The fraction of sp³-hybridized carbons (Fsp3) is 0.0625. The zero-order valence-corrected chi connectivity index (χ0v) is 11.6. The summed E-state index contributed by atoms with van der Waals surface area (Å²) in [5.41, 5.74) is 7.41. The lowest BCUT2D eigenvalue weighted by atomic mass is 10.1. The van der Waals surface area contributed by atoms with Crippen molar-refractivity contribution in [3.8, 4) is 17.2 Å². The molecule has 6 nitrogen and oxygen atoms in total. The molecule has 0 bridgehead atoms. The van der Waals surface area contributed by atoms with Crippen molar-refractivity contribution in [3.05, 3.63) is 48.0 Å². The number of carbonyl (C=O) groups excluding carboxylic acids is 1. The summed E-state index contributed by atoms with van der Waals surface area (Å²) in [4.78, 5) is 11.9. The van der Waals surface area contributed by atoms with E-state index >= 15 is 0 Å². The van der Waals surface area contributed by atoms with Crippen LogP contribution in [-0.4, -0.2) is 17.8 Å².